The molecule has 320 valence electrons. The maximum Gasteiger partial charge on any atom is 0.0753 e. The average Bonchev–Trinajstić information content (AvgIpc) is 4.01. The molecule has 2 aliphatic rings. The lowest BCUT2D eigenvalue weighted by Crippen LogP contribution is -2.15. The molecule has 68 heavy (non-hydrogen) atoms. The maximum atomic E-state index is 5.88. The Morgan fingerprint density at radius 2 is 0.794 bits per heavy atom. The Morgan fingerprint density at radius 1 is 0.309 bits per heavy atom. The fourth-order valence-corrected chi connectivity index (χ4v) is 13.5. The first-order chi connectivity index (χ1) is 33.1. The van der Waals surface area contributed by atoms with E-state index >= 15 is 0 Å². The van der Waals surface area contributed by atoms with Crippen molar-refractivity contribution in [3.63, 3.8) is 0 Å². The van der Waals surface area contributed by atoms with Gasteiger partial charge in [-0.25, -0.2) is 9.97 Å². The molecular weight excluding hydrogens is 821 g/mol. The molecule has 0 amide bonds. The van der Waals surface area contributed by atoms with E-state index < -0.39 is 0 Å². The molecule has 11 aromatic carbocycles. The summed E-state index contributed by atoms with van der Waals surface area (Å²) in [5, 5.41) is 17.7. The minimum atomic E-state index is -0.162. The van der Waals surface area contributed by atoms with Gasteiger partial charge in [0, 0.05) is 49.2 Å². The second-order valence-electron chi connectivity index (χ2n) is 20.9. The second-order valence-corrected chi connectivity index (χ2v) is 20.9. The van der Waals surface area contributed by atoms with Crippen LogP contribution in [0.3, 0.4) is 0 Å². The van der Waals surface area contributed by atoms with E-state index in [0.29, 0.717) is 0 Å². The molecular formula is C66H46N2. The van der Waals surface area contributed by atoms with E-state index in [1.54, 1.807) is 0 Å². The molecule has 2 heterocycles. The summed E-state index contributed by atoms with van der Waals surface area (Å²) in [4.78, 5) is 11.7. The van der Waals surface area contributed by atoms with Crippen LogP contribution >= 0.6 is 0 Å². The Hall–Kier alpha value is -7.94. The topological polar surface area (TPSA) is 25.8 Å². The summed E-state index contributed by atoms with van der Waals surface area (Å²) in [7, 11) is 0. The van der Waals surface area contributed by atoms with Gasteiger partial charge < -0.3 is 0 Å². The molecule has 0 radical (unpaired) electrons. The van der Waals surface area contributed by atoms with Crippen LogP contribution in [-0.4, -0.2) is 9.97 Å². The molecule has 2 aliphatic carbocycles. The molecule has 2 heteroatoms. The summed E-state index contributed by atoms with van der Waals surface area (Å²) >= 11 is 0. The van der Waals surface area contributed by atoms with Crippen molar-refractivity contribution in [3.8, 4) is 56.2 Å². The van der Waals surface area contributed by atoms with Gasteiger partial charge in [-0.3, -0.25) is 0 Å². The highest BCUT2D eigenvalue weighted by Crippen LogP contribution is 2.57. The third-order valence-corrected chi connectivity index (χ3v) is 16.4. The van der Waals surface area contributed by atoms with Crippen LogP contribution in [-0.2, 0) is 10.8 Å². The Balaban J connectivity index is 1.19. The highest BCUT2D eigenvalue weighted by atomic mass is 14.8. The Bertz CT molecular complexity index is 4370. The molecule has 0 aliphatic heterocycles. The molecule has 13 aromatic rings. The molecule has 15 rings (SSSR count). The monoisotopic (exact) mass is 866 g/mol. The Kier molecular flexibility index (Phi) is 7.27. The molecule has 0 fully saturated rings. The van der Waals surface area contributed by atoms with Crippen LogP contribution in [0.1, 0.15) is 61.1 Å². The number of aromatic nitrogens is 2. The van der Waals surface area contributed by atoms with Crippen molar-refractivity contribution in [1.29, 1.82) is 0 Å². The van der Waals surface area contributed by atoms with E-state index in [1.807, 2.05) is 0 Å². The molecule has 0 bridgehead atoms. The third-order valence-electron chi connectivity index (χ3n) is 16.4. The lowest BCUT2D eigenvalue weighted by Gasteiger charge is -2.22. The number of nitrogens with zero attached hydrogens (tertiary/aromatic N) is 2. The van der Waals surface area contributed by atoms with E-state index in [4.69, 9.17) is 9.97 Å². The van der Waals surface area contributed by atoms with Gasteiger partial charge in [-0.1, -0.05) is 190 Å². The molecule has 0 N–H and O–H groups in total. The van der Waals surface area contributed by atoms with Gasteiger partial charge in [0.2, 0.25) is 0 Å². The van der Waals surface area contributed by atoms with Gasteiger partial charge >= 0.3 is 0 Å². The zero-order valence-electron chi connectivity index (χ0n) is 39.1. The van der Waals surface area contributed by atoms with Crippen LogP contribution in [0, 0.1) is 13.8 Å². The normalized spacial score (nSPS) is 14.6. The first-order valence-electron chi connectivity index (χ1n) is 24.2. The van der Waals surface area contributed by atoms with E-state index in [1.165, 1.54) is 142 Å². The molecule has 0 saturated heterocycles. The lowest BCUT2D eigenvalue weighted by atomic mass is 9.82. The molecule has 0 unspecified atom stereocenters. The average molecular weight is 867 g/mol. The van der Waals surface area contributed by atoms with Gasteiger partial charge in [-0.05, 0) is 125 Å². The predicted octanol–water partition coefficient (Wildman–Crippen LogP) is 17.7. The van der Waals surface area contributed by atoms with Gasteiger partial charge in [0.15, 0.2) is 0 Å². The van der Waals surface area contributed by atoms with Gasteiger partial charge in [0.05, 0.1) is 22.8 Å². The van der Waals surface area contributed by atoms with Crippen LogP contribution < -0.4 is 0 Å². The first kappa shape index (κ1) is 38.2. The van der Waals surface area contributed by atoms with Crippen molar-refractivity contribution in [2.75, 3.05) is 0 Å². The summed E-state index contributed by atoms with van der Waals surface area (Å²) in [6.07, 6.45) is 0. The summed E-state index contributed by atoms with van der Waals surface area (Å²) < 4.78 is 0. The van der Waals surface area contributed by atoms with Crippen LogP contribution in [0.25, 0.3) is 132 Å². The minimum absolute atomic E-state index is 0.160. The molecule has 0 spiro atoms. The second kappa shape index (κ2) is 12.9. The SMILES string of the molecule is Cc1cc(C)cc(-c2ccc3c4c(-c5ccc6c(n5)-c5ccccc5C6(C)C)c5cc6c7ccccc7c7cccc(c5c(-c5ccc8c(n5)-c5ccccc5C8(C)C)c4c4cccc2c34)c76)c1. The number of aryl methyl sites for hydroxylation is 2. The van der Waals surface area contributed by atoms with E-state index in [0.717, 1.165) is 22.8 Å². The van der Waals surface area contributed by atoms with Crippen molar-refractivity contribution in [1.82, 2.24) is 9.97 Å². The molecule has 2 nitrogen and oxygen atoms in total. The van der Waals surface area contributed by atoms with Gasteiger partial charge in [0.1, 0.15) is 0 Å². The number of hydrogen-bond donors (Lipinski definition) is 0. The number of fused-ring (bicyclic) bond motifs is 14. The van der Waals surface area contributed by atoms with Crippen LogP contribution in [0.2, 0.25) is 0 Å². The zero-order chi connectivity index (χ0) is 45.5. The van der Waals surface area contributed by atoms with Gasteiger partial charge in [-0.2, -0.15) is 0 Å². The van der Waals surface area contributed by atoms with Crippen molar-refractivity contribution in [2.24, 2.45) is 0 Å². The number of rotatable bonds is 3. The molecule has 2 aromatic heterocycles. The van der Waals surface area contributed by atoms with Crippen molar-refractivity contribution >= 4 is 75.4 Å². The zero-order valence-corrected chi connectivity index (χ0v) is 39.1. The molecule has 0 atom stereocenters. The van der Waals surface area contributed by atoms with Crippen molar-refractivity contribution in [2.45, 2.75) is 52.4 Å². The summed E-state index contributed by atoms with van der Waals surface area (Å²) in [6.45, 7) is 13.8. The third kappa shape index (κ3) is 4.72. The number of hydrogen-bond acceptors (Lipinski definition) is 2. The van der Waals surface area contributed by atoms with E-state index in [2.05, 4.69) is 211 Å². The number of benzene rings is 9. The van der Waals surface area contributed by atoms with Crippen LogP contribution in [0.5, 0.6) is 0 Å². The maximum absolute atomic E-state index is 5.88. The Labute approximate surface area is 395 Å². The Morgan fingerprint density at radius 3 is 1.44 bits per heavy atom. The minimum Gasteiger partial charge on any atom is -0.247 e. The first-order valence-corrected chi connectivity index (χ1v) is 24.2. The largest absolute Gasteiger partial charge is 0.247 e. The van der Waals surface area contributed by atoms with Crippen molar-refractivity contribution in [3.05, 3.63) is 203 Å². The van der Waals surface area contributed by atoms with Gasteiger partial charge in [0.25, 0.3) is 0 Å². The standard InChI is InChI=1S/C66H46N2/c1-35-31-36(2)33-37(32-35)38-25-26-47-56-41(38)19-13-22-46(56)61-60(47)59(54-29-27-52-63(67-54)43-17-9-11-23-50(43)65(52,3)4)49-34-48-40-16-8-7-15-39(40)42-20-14-21-45(57(42)48)58(49)62(61)55-30-28-53-64(68-55)44-18-10-12-24-51(44)66(53,5)6/h7-34H,1-6H3. The van der Waals surface area contributed by atoms with E-state index in [9.17, 15) is 0 Å². The fourth-order valence-electron chi connectivity index (χ4n) is 13.5. The van der Waals surface area contributed by atoms with Gasteiger partial charge in [-0.15, -0.1) is 0 Å². The van der Waals surface area contributed by atoms with Crippen LogP contribution in [0.4, 0.5) is 0 Å². The highest BCUT2D eigenvalue weighted by Gasteiger charge is 2.39. The fraction of sp³-hybridized carbons (Fsp3) is 0.121. The lowest BCUT2D eigenvalue weighted by molar-refractivity contribution is 0.659. The summed E-state index contributed by atoms with van der Waals surface area (Å²) in [6, 6.07) is 64.4. The predicted molar refractivity (Wildman–Crippen MR) is 288 cm³/mol. The number of pyridine rings is 2. The van der Waals surface area contributed by atoms with Crippen molar-refractivity contribution < 1.29 is 0 Å². The highest BCUT2D eigenvalue weighted by molar-refractivity contribution is 6.45. The summed E-state index contributed by atoms with van der Waals surface area (Å²) in [5.74, 6) is 0. The van der Waals surface area contributed by atoms with Crippen LogP contribution in [0.15, 0.2) is 170 Å². The quantitative estimate of drug-likeness (QED) is 0.165. The van der Waals surface area contributed by atoms with E-state index in [-0.39, 0.29) is 10.8 Å². The summed E-state index contributed by atoms with van der Waals surface area (Å²) in [5.41, 5.74) is 18.9. The smallest absolute Gasteiger partial charge is 0.0753 e. The molecule has 0 saturated carbocycles.